The molecule has 0 bridgehead atoms. The maximum Gasteiger partial charge on any atom is 0.129 e. The van der Waals surface area contributed by atoms with Gasteiger partial charge in [0.15, 0.2) is 0 Å². The Hall–Kier alpha value is -1.44. The lowest BCUT2D eigenvalue weighted by atomic mass is 10.1. The van der Waals surface area contributed by atoms with Crippen LogP contribution in [0.4, 0.5) is 4.39 Å². The second-order valence-electron chi connectivity index (χ2n) is 3.41. The Morgan fingerprint density at radius 2 is 2.19 bits per heavy atom. The van der Waals surface area contributed by atoms with Crippen LogP contribution in [0.15, 0.2) is 24.3 Å². The van der Waals surface area contributed by atoms with E-state index in [-0.39, 0.29) is 12.4 Å². The standard InChI is InChI=1S/C12H15FN2O/c1-2-15(7-8-16)12(9-14)10-5-3-4-6-11(10)13/h3-6,12,16H,2,7-8H2,1H3. The molecule has 86 valence electrons. The first-order valence-corrected chi connectivity index (χ1v) is 5.23. The van der Waals surface area contributed by atoms with Crippen LogP contribution in [0, 0.1) is 17.1 Å². The minimum Gasteiger partial charge on any atom is -0.395 e. The van der Waals surface area contributed by atoms with Crippen molar-refractivity contribution in [2.24, 2.45) is 0 Å². The summed E-state index contributed by atoms with van der Waals surface area (Å²) in [5, 5.41) is 18.0. The first kappa shape index (κ1) is 12.6. The summed E-state index contributed by atoms with van der Waals surface area (Å²) in [5.41, 5.74) is 0.361. The second-order valence-corrected chi connectivity index (χ2v) is 3.41. The molecule has 0 aliphatic carbocycles. The highest BCUT2D eigenvalue weighted by Crippen LogP contribution is 2.22. The fourth-order valence-electron chi connectivity index (χ4n) is 1.64. The predicted molar refractivity (Wildman–Crippen MR) is 59.1 cm³/mol. The van der Waals surface area contributed by atoms with Crippen LogP contribution in [-0.4, -0.2) is 29.7 Å². The zero-order valence-electron chi connectivity index (χ0n) is 9.23. The van der Waals surface area contributed by atoms with Crippen molar-refractivity contribution < 1.29 is 9.50 Å². The number of rotatable bonds is 5. The Bertz CT molecular complexity index is 376. The number of aliphatic hydroxyl groups excluding tert-OH is 1. The highest BCUT2D eigenvalue weighted by Gasteiger charge is 2.20. The first-order chi connectivity index (χ1) is 7.74. The summed E-state index contributed by atoms with van der Waals surface area (Å²) in [6, 6.07) is 7.67. The summed E-state index contributed by atoms with van der Waals surface area (Å²) in [6.07, 6.45) is 0. The van der Waals surface area contributed by atoms with Crippen LogP contribution in [0.2, 0.25) is 0 Å². The van der Waals surface area contributed by atoms with Crippen molar-refractivity contribution in [1.29, 1.82) is 5.26 Å². The first-order valence-electron chi connectivity index (χ1n) is 5.23. The molecule has 1 aromatic rings. The van der Waals surface area contributed by atoms with Crippen molar-refractivity contribution in [1.82, 2.24) is 4.90 Å². The number of nitrogens with zero attached hydrogens (tertiary/aromatic N) is 2. The number of halogens is 1. The fourth-order valence-corrected chi connectivity index (χ4v) is 1.64. The third kappa shape index (κ3) is 2.78. The molecule has 0 aliphatic rings. The molecule has 0 saturated carbocycles. The van der Waals surface area contributed by atoms with Crippen molar-refractivity contribution in [3.8, 4) is 6.07 Å². The summed E-state index contributed by atoms with van der Waals surface area (Å²) < 4.78 is 13.5. The molecule has 0 saturated heterocycles. The van der Waals surface area contributed by atoms with Crippen molar-refractivity contribution in [2.75, 3.05) is 19.7 Å². The van der Waals surface area contributed by atoms with E-state index in [1.165, 1.54) is 6.07 Å². The van der Waals surface area contributed by atoms with E-state index in [4.69, 9.17) is 10.4 Å². The van der Waals surface area contributed by atoms with E-state index in [0.29, 0.717) is 18.7 Å². The zero-order valence-corrected chi connectivity index (χ0v) is 9.23. The van der Waals surface area contributed by atoms with Crippen molar-refractivity contribution in [2.45, 2.75) is 13.0 Å². The Kier molecular flexibility index (Phi) is 4.90. The molecule has 1 atom stereocenters. The lowest BCUT2D eigenvalue weighted by Gasteiger charge is -2.25. The van der Waals surface area contributed by atoms with Crippen molar-refractivity contribution >= 4 is 0 Å². The molecule has 1 unspecified atom stereocenters. The van der Waals surface area contributed by atoms with Gasteiger partial charge in [-0.2, -0.15) is 5.26 Å². The van der Waals surface area contributed by atoms with E-state index in [0.717, 1.165) is 0 Å². The number of hydrogen-bond donors (Lipinski definition) is 1. The SMILES string of the molecule is CCN(CCO)C(C#N)c1ccccc1F. The van der Waals surface area contributed by atoms with Crippen LogP contribution in [0.1, 0.15) is 18.5 Å². The minimum atomic E-state index is -0.640. The molecule has 0 heterocycles. The smallest absolute Gasteiger partial charge is 0.129 e. The Labute approximate surface area is 94.7 Å². The lowest BCUT2D eigenvalue weighted by Crippen LogP contribution is -2.31. The van der Waals surface area contributed by atoms with E-state index in [1.54, 1.807) is 23.1 Å². The largest absolute Gasteiger partial charge is 0.395 e. The van der Waals surface area contributed by atoms with Gasteiger partial charge in [0.25, 0.3) is 0 Å². The molecule has 4 heteroatoms. The molecule has 3 nitrogen and oxygen atoms in total. The summed E-state index contributed by atoms with van der Waals surface area (Å²) >= 11 is 0. The van der Waals surface area contributed by atoms with Gasteiger partial charge in [-0.05, 0) is 12.6 Å². The average molecular weight is 222 g/mol. The maximum atomic E-state index is 13.5. The third-order valence-electron chi connectivity index (χ3n) is 2.48. The van der Waals surface area contributed by atoms with Crippen LogP contribution in [0.25, 0.3) is 0 Å². The molecule has 0 fully saturated rings. The van der Waals surface area contributed by atoms with Gasteiger partial charge in [-0.1, -0.05) is 25.1 Å². The van der Waals surface area contributed by atoms with Crippen molar-refractivity contribution in [3.05, 3.63) is 35.6 Å². The topological polar surface area (TPSA) is 47.3 Å². The molecule has 0 aliphatic heterocycles. The minimum absolute atomic E-state index is 0.0412. The lowest BCUT2D eigenvalue weighted by molar-refractivity contribution is 0.179. The quantitative estimate of drug-likeness (QED) is 0.825. The molecule has 0 radical (unpaired) electrons. The molecule has 16 heavy (non-hydrogen) atoms. The highest BCUT2D eigenvalue weighted by atomic mass is 19.1. The molecular weight excluding hydrogens is 207 g/mol. The predicted octanol–water partition coefficient (Wildman–Crippen LogP) is 1.70. The molecule has 0 aromatic heterocycles. The van der Waals surface area contributed by atoms with Gasteiger partial charge in [-0.15, -0.1) is 0 Å². The summed E-state index contributed by atoms with van der Waals surface area (Å²) in [7, 11) is 0. The molecule has 0 spiro atoms. The maximum absolute atomic E-state index is 13.5. The normalized spacial score (nSPS) is 12.4. The molecule has 1 N–H and O–H groups in total. The van der Waals surface area contributed by atoms with Gasteiger partial charge in [0.1, 0.15) is 11.9 Å². The Balaban J connectivity index is 2.98. The average Bonchev–Trinajstić information content (AvgIpc) is 2.31. The molecule has 0 amide bonds. The van der Waals surface area contributed by atoms with Gasteiger partial charge in [0, 0.05) is 12.1 Å². The van der Waals surface area contributed by atoms with E-state index in [9.17, 15) is 4.39 Å². The molecule has 1 aromatic carbocycles. The fraction of sp³-hybridized carbons (Fsp3) is 0.417. The van der Waals surface area contributed by atoms with Crippen LogP contribution >= 0.6 is 0 Å². The number of benzene rings is 1. The second kappa shape index (κ2) is 6.21. The van der Waals surface area contributed by atoms with Gasteiger partial charge in [0.2, 0.25) is 0 Å². The highest BCUT2D eigenvalue weighted by molar-refractivity contribution is 5.25. The summed E-state index contributed by atoms with van der Waals surface area (Å²) in [4.78, 5) is 1.73. The van der Waals surface area contributed by atoms with E-state index in [2.05, 4.69) is 6.07 Å². The van der Waals surface area contributed by atoms with Gasteiger partial charge in [-0.3, -0.25) is 4.90 Å². The van der Waals surface area contributed by atoms with Gasteiger partial charge in [0.05, 0.1) is 12.7 Å². The van der Waals surface area contributed by atoms with Gasteiger partial charge in [-0.25, -0.2) is 4.39 Å². The van der Waals surface area contributed by atoms with Gasteiger partial charge >= 0.3 is 0 Å². The number of hydrogen-bond acceptors (Lipinski definition) is 3. The van der Waals surface area contributed by atoms with Crippen LogP contribution in [-0.2, 0) is 0 Å². The van der Waals surface area contributed by atoms with Crippen LogP contribution < -0.4 is 0 Å². The zero-order chi connectivity index (χ0) is 12.0. The van der Waals surface area contributed by atoms with Crippen molar-refractivity contribution in [3.63, 3.8) is 0 Å². The number of aliphatic hydroxyl groups is 1. The molecule has 1 rings (SSSR count). The number of nitriles is 1. The van der Waals surface area contributed by atoms with E-state index >= 15 is 0 Å². The van der Waals surface area contributed by atoms with E-state index < -0.39 is 6.04 Å². The Morgan fingerprint density at radius 1 is 1.50 bits per heavy atom. The summed E-state index contributed by atoms with van der Waals surface area (Å²) in [6.45, 7) is 2.79. The van der Waals surface area contributed by atoms with E-state index in [1.807, 2.05) is 6.92 Å². The van der Waals surface area contributed by atoms with Crippen LogP contribution in [0.3, 0.4) is 0 Å². The summed E-state index contributed by atoms with van der Waals surface area (Å²) in [5.74, 6) is -0.384. The third-order valence-corrected chi connectivity index (χ3v) is 2.48. The number of likely N-dealkylation sites (N-methyl/N-ethyl adjacent to an activating group) is 1. The molecular formula is C12H15FN2O. The Morgan fingerprint density at radius 3 is 2.69 bits per heavy atom. The van der Waals surface area contributed by atoms with Gasteiger partial charge < -0.3 is 5.11 Å². The van der Waals surface area contributed by atoms with Crippen LogP contribution in [0.5, 0.6) is 0 Å². The monoisotopic (exact) mass is 222 g/mol.